The zero-order valence-corrected chi connectivity index (χ0v) is 18.5. The maximum Gasteiger partial charge on any atom is 0.530 e. The van der Waals surface area contributed by atoms with Gasteiger partial charge in [0.1, 0.15) is 23.4 Å². The van der Waals surface area contributed by atoms with Gasteiger partial charge in [-0.2, -0.15) is 0 Å². The van der Waals surface area contributed by atoms with E-state index in [4.69, 9.17) is 24.7 Å². The molecule has 9 nitrogen and oxygen atoms in total. The molecule has 2 aliphatic heterocycles. The second-order valence-corrected chi connectivity index (χ2v) is 8.06. The van der Waals surface area contributed by atoms with Gasteiger partial charge in [-0.3, -0.25) is 23.5 Å². The third kappa shape index (κ3) is 6.44. The van der Waals surface area contributed by atoms with Gasteiger partial charge in [0.05, 0.1) is 27.2 Å². The summed E-state index contributed by atoms with van der Waals surface area (Å²) in [5.74, 6) is 1.47. The van der Waals surface area contributed by atoms with Crippen LogP contribution in [0.5, 0.6) is 5.75 Å². The first-order valence-corrected chi connectivity index (χ1v) is 11.1. The van der Waals surface area contributed by atoms with Crippen molar-refractivity contribution < 1.29 is 36.9 Å². The minimum absolute atomic E-state index is 0.0311. The first-order valence-electron chi connectivity index (χ1n) is 9.61. The van der Waals surface area contributed by atoms with E-state index in [2.05, 4.69) is 19.1 Å². The van der Waals surface area contributed by atoms with Gasteiger partial charge in [0, 0.05) is 18.8 Å². The van der Waals surface area contributed by atoms with E-state index in [1.165, 1.54) is 38.3 Å². The highest BCUT2D eigenvalue weighted by Gasteiger charge is 2.37. The highest BCUT2D eigenvalue weighted by molar-refractivity contribution is 7.49. The van der Waals surface area contributed by atoms with E-state index in [1.807, 2.05) is 0 Å². The molecule has 3 atom stereocenters. The number of halogens is 1. The molecule has 0 bridgehead atoms. The maximum absolute atomic E-state index is 13.2. The smallest absolute Gasteiger partial charge is 0.404 e. The summed E-state index contributed by atoms with van der Waals surface area (Å²) in [7, 11) is 2.04. The number of phosphoric acid groups is 1. The Kier molecular flexibility index (Phi) is 9.48. The lowest BCUT2D eigenvalue weighted by atomic mass is 10.2. The third-order valence-corrected chi connectivity index (χ3v) is 5.81. The van der Waals surface area contributed by atoms with Crippen LogP contribution in [0.2, 0.25) is 6.82 Å². The molecule has 2 heterocycles. The van der Waals surface area contributed by atoms with Crippen molar-refractivity contribution in [3.8, 4) is 18.1 Å². The van der Waals surface area contributed by atoms with E-state index in [1.54, 1.807) is 0 Å². The molecule has 2 aliphatic rings. The molecule has 0 spiro atoms. The van der Waals surface area contributed by atoms with E-state index in [0.29, 0.717) is 24.8 Å². The number of carbonyl (C=O) groups excluding carboxylic acids is 2. The van der Waals surface area contributed by atoms with Crippen molar-refractivity contribution in [2.45, 2.75) is 38.6 Å². The molecule has 2 radical (unpaired) electrons. The Bertz CT molecular complexity index is 952. The molecule has 1 saturated heterocycles. The molecule has 1 N–H and O–H groups in total. The standard InChI is InChI=1S/C19H20FN2O7P.CH3B/c1-3-13(19(24)21-2)9-22(12-23)18-7-5-16(28-18)11-27-30(25)26-10-14-8-15(20)4-6-17(14)29-30;1-2/h1,4,6,8-9,12,16,18H,5,7,10-11H2,2H3,(H,21,24);1H3/b13-9-;. The van der Waals surface area contributed by atoms with E-state index >= 15 is 0 Å². The molecule has 1 aromatic carbocycles. The minimum atomic E-state index is -3.89. The van der Waals surface area contributed by atoms with Crippen LogP contribution in [0.25, 0.3) is 0 Å². The summed E-state index contributed by atoms with van der Waals surface area (Å²) >= 11 is 0. The molecular formula is C20H23BFN2O7P. The van der Waals surface area contributed by atoms with E-state index in [-0.39, 0.29) is 24.5 Å². The van der Waals surface area contributed by atoms with E-state index in [0.717, 1.165) is 4.90 Å². The van der Waals surface area contributed by atoms with Crippen molar-refractivity contribution in [2.24, 2.45) is 0 Å². The summed E-state index contributed by atoms with van der Waals surface area (Å²) in [5.41, 5.74) is 0.396. The van der Waals surface area contributed by atoms with Gasteiger partial charge in [-0.15, -0.1) is 6.42 Å². The second kappa shape index (κ2) is 11.8. The number of benzene rings is 1. The lowest BCUT2D eigenvalue weighted by molar-refractivity contribution is -0.127. The fraction of sp³-hybridized carbons (Fsp3) is 0.400. The van der Waals surface area contributed by atoms with Crippen molar-refractivity contribution in [2.75, 3.05) is 13.7 Å². The number of nitrogens with one attached hydrogen (secondary N) is 1. The van der Waals surface area contributed by atoms with Gasteiger partial charge >= 0.3 is 7.82 Å². The number of hydrogen-bond donors (Lipinski definition) is 1. The number of terminal acetylenes is 1. The van der Waals surface area contributed by atoms with Gasteiger partial charge in [0.2, 0.25) is 6.41 Å². The van der Waals surface area contributed by atoms with Gasteiger partial charge in [-0.05, 0) is 31.0 Å². The van der Waals surface area contributed by atoms with Crippen molar-refractivity contribution in [3.05, 3.63) is 41.4 Å². The fourth-order valence-electron chi connectivity index (χ4n) is 2.94. The highest BCUT2D eigenvalue weighted by Crippen LogP contribution is 2.54. The summed E-state index contributed by atoms with van der Waals surface area (Å²) < 4.78 is 47.4. The predicted molar refractivity (Wildman–Crippen MR) is 114 cm³/mol. The molecule has 1 fully saturated rings. The van der Waals surface area contributed by atoms with Gasteiger partial charge in [-0.25, -0.2) is 8.96 Å². The highest BCUT2D eigenvalue weighted by atomic mass is 31.2. The normalized spacial score (nSPS) is 24.1. The molecule has 12 heteroatoms. The Morgan fingerprint density at radius 1 is 1.47 bits per heavy atom. The molecule has 2 amide bonds. The number of carbonyl (C=O) groups is 2. The Hall–Kier alpha value is -2.64. The van der Waals surface area contributed by atoms with E-state index in [9.17, 15) is 18.5 Å². The summed E-state index contributed by atoms with van der Waals surface area (Å²) in [6.07, 6.45) is 6.82. The largest absolute Gasteiger partial charge is 0.530 e. The number of likely N-dealkylation sites (N-methyl/N-ethyl adjacent to an activating group) is 1. The SMILES string of the molecule is C#C/C(=C/N(C=O)C1CCC(COP2(=O)OCc3cc(F)ccc3O2)O1)C(=O)NC.[B]C. The van der Waals surface area contributed by atoms with Crippen LogP contribution >= 0.6 is 7.82 Å². The molecule has 3 unspecified atom stereocenters. The lowest BCUT2D eigenvalue weighted by Gasteiger charge is -2.26. The van der Waals surface area contributed by atoms with Crippen LogP contribution in [0.3, 0.4) is 0 Å². The first kappa shape index (κ1) is 25.6. The predicted octanol–water partition coefficient (Wildman–Crippen LogP) is 2.29. The first-order chi connectivity index (χ1) is 15.4. The molecule has 3 rings (SSSR count). The van der Waals surface area contributed by atoms with Crippen LogP contribution in [0.1, 0.15) is 18.4 Å². The quantitative estimate of drug-likeness (QED) is 0.217. The Balaban J connectivity index is 0.00000176. The molecule has 0 aromatic heterocycles. The third-order valence-electron chi connectivity index (χ3n) is 4.47. The average Bonchev–Trinajstić information content (AvgIpc) is 3.29. The van der Waals surface area contributed by atoms with E-state index < -0.39 is 31.9 Å². The number of ether oxygens (including phenoxy) is 1. The topological polar surface area (TPSA) is 103 Å². The van der Waals surface area contributed by atoms with Crippen LogP contribution in [0.4, 0.5) is 4.39 Å². The Morgan fingerprint density at radius 2 is 2.22 bits per heavy atom. The molecule has 0 saturated carbocycles. The van der Waals surface area contributed by atoms with Crippen LogP contribution in [0, 0.1) is 18.2 Å². The summed E-state index contributed by atoms with van der Waals surface area (Å²) in [6.45, 7) is 1.27. The number of nitrogens with zero attached hydrogens (tertiary/aromatic N) is 1. The molecule has 1 aromatic rings. The summed E-state index contributed by atoms with van der Waals surface area (Å²) in [5, 5.41) is 2.38. The minimum Gasteiger partial charge on any atom is -0.404 e. The maximum atomic E-state index is 13.2. The van der Waals surface area contributed by atoms with Crippen LogP contribution < -0.4 is 9.84 Å². The number of amides is 2. The Morgan fingerprint density at radius 3 is 2.88 bits per heavy atom. The molecule has 170 valence electrons. The van der Waals surface area contributed by atoms with Crippen LogP contribution in [-0.4, -0.2) is 51.0 Å². The number of fused-ring (bicyclic) bond motifs is 1. The summed E-state index contributed by atoms with van der Waals surface area (Å²) in [6, 6.07) is 3.77. The van der Waals surface area contributed by atoms with Gasteiger partial charge in [0.15, 0.2) is 0 Å². The van der Waals surface area contributed by atoms with Gasteiger partial charge in [-0.1, -0.05) is 12.7 Å². The second-order valence-electron chi connectivity index (χ2n) is 6.47. The average molecular weight is 464 g/mol. The van der Waals surface area contributed by atoms with Crippen molar-refractivity contribution in [3.63, 3.8) is 0 Å². The summed E-state index contributed by atoms with van der Waals surface area (Å²) in [4.78, 5) is 24.3. The zero-order chi connectivity index (χ0) is 23.7. The van der Waals surface area contributed by atoms with Gasteiger partial charge in [0.25, 0.3) is 5.91 Å². The number of rotatable bonds is 7. The van der Waals surface area contributed by atoms with Gasteiger partial charge < -0.3 is 14.6 Å². The fourth-order valence-corrected chi connectivity index (χ4v) is 4.18. The van der Waals surface area contributed by atoms with Crippen LogP contribution in [0.15, 0.2) is 30.0 Å². The Labute approximate surface area is 187 Å². The van der Waals surface area contributed by atoms with Crippen molar-refractivity contribution in [1.29, 1.82) is 0 Å². The lowest BCUT2D eigenvalue weighted by Crippen LogP contribution is -2.32. The monoisotopic (exact) mass is 464 g/mol. The zero-order valence-electron chi connectivity index (χ0n) is 17.7. The van der Waals surface area contributed by atoms with Crippen molar-refractivity contribution >= 4 is 28.0 Å². The molecule has 0 aliphatic carbocycles. The van der Waals surface area contributed by atoms with Crippen LogP contribution in [-0.2, 0) is 34.5 Å². The number of hydrogen-bond acceptors (Lipinski definition) is 7. The van der Waals surface area contributed by atoms with Crippen molar-refractivity contribution in [1.82, 2.24) is 10.2 Å². The molecular weight excluding hydrogens is 441 g/mol. The number of phosphoric ester groups is 1. The molecule has 32 heavy (non-hydrogen) atoms.